The molecule has 0 heterocycles. The van der Waals surface area contributed by atoms with Crippen molar-refractivity contribution in [2.75, 3.05) is 6.54 Å². The van der Waals surface area contributed by atoms with E-state index in [9.17, 15) is 9.18 Å². The second-order valence-corrected chi connectivity index (χ2v) is 5.23. The highest BCUT2D eigenvalue weighted by Gasteiger charge is 2.28. The molecular weight excluding hydrogens is 257 g/mol. The Kier molecular flexibility index (Phi) is 4.90. The maximum Gasteiger partial charge on any atom is 0.328 e. The van der Waals surface area contributed by atoms with Crippen LogP contribution in [0.4, 0.5) is 4.39 Å². The summed E-state index contributed by atoms with van der Waals surface area (Å²) in [5.41, 5.74) is 1.36. The monoisotopic (exact) mass is 277 g/mol. The van der Waals surface area contributed by atoms with Gasteiger partial charge in [-0.15, -0.1) is 0 Å². The quantitative estimate of drug-likeness (QED) is 0.777. The lowest BCUT2D eigenvalue weighted by Gasteiger charge is -2.21. The molecule has 1 fully saturated rings. The molecule has 1 aliphatic carbocycles. The predicted octanol–water partition coefficient (Wildman–Crippen LogP) is 3.30. The van der Waals surface area contributed by atoms with E-state index in [-0.39, 0.29) is 5.82 Å². The van der Waals surface area contributed by atoms with E-state index in [1.54, 1.807) is 12.1 Å². The molecule has 108 valence electrons. The first-order valence-electron chi connectivity index (χ1n) is 7.03. The summed E-state index contributed by atoms with van der Waals surface area (Å²) in [6.07, 6.45) is 5.86. The number of rotatable bonds is 7. The summed E-state index contributed by atoms with van der Waals surface area (Å²) < 4.78 is 13.6. The van der Waals surface area contributed by atoms with Gasteiger partial charge in [0.15, 0.2) is 0 Å². The molecule has 0 saturated heterocycles. The SMILES string of the molecule is CCCN(Cc1ccc(F)c(C=CC(=O)O)c1)C1CC1. The van der Waals surface area contributed by atoms with Gasteiger partial charge < -0.3 is 5.11 Å². The highest BCUT2D eigenvalue weighted by Crippen LogP contribution is 2.28. The van der Waals surface area contributed by atoms with Gasteiger partial charge in [-0.05, 0) is 49.6 Å². The van der Waals surface area contributed by atoms with Gasteiger partial charge in [-0.25, -0.2) is 9.18 Å². The fraction of sp³-hybridized carbons (Fsp3) is 0.438. The van der Waals surface area contributed by atoms with Crippen molar-refractivity contribution in [3.8, 4) is 0 Å². The number of carboxylic acid groups (broad SMARTS) is 1. The molecule has 1 N–H and O–H groups in total. The summed E-state index contributed by atoms with van der Waals surface area (Å²) in [6, 6.07) is 5.59. The van der Waals surface area contributed by atoms with Crippen LogP contribution in [-0.2, 0) is 11.3 Å². The Labute approximate surface area is 118 Å². The summed E-state index contributed by atoms with van der Waals surface area (Å²) in [4.78, 5) is 12.9. The summed E-state index contributed by atoms with van der Waals surface area (Å²) in [7, 11) is 0. The topological polar surface area (TPSA) is 40.5 Å². The first-order valence-corrected chi connectivity index (χ1v) is 7.03. The fourth-order valence-electron chi connectivity index (χ4n) is 2.33. The predicted molar refractivity (Wildman–Crippen MR) is 76.8 cm³/mol. The number of carboxylic acids is 1. The summed E-state index contributed by atoms with van der Waals surface area (Å²) in [5, 5.41) is 8.61. The molecule has 0 aromatic heterocycles. The number of benzene rings is 1. The largest absolute Gasteiger partial charge is 0.478 e. The zero-order chi connectivity index (χ0) is 14.5. The van der Waals surface area contributed by atoms with E-state index in [1.807, 2.05) is 0 Å². The van der Waals surface area contributed by atoms with Crippen LogP contribution in [0.3, 0.4) is 0 Å². The van der Waals surface area contributed by atoms with Crippen LogP contribution >= 0.6 is 0 Å². The van der Waals surface area contributed by atoms with Crippen molar-refractivity contribution in [2.24, 2.45) is 0 Å². The van der Waals surface area contributed by atoms with E-state index >= 15 is 0 Å². The van der Waals surface area contributed by atoms with Crippen molar-refractivity contribution < 1.29 is 14.3 Å². The number of nitrogens with zero attached hydrogens (tertiary/aromatic N) is 1. The molecule has 1 saturated carbocycles. The minimum absolute atomic E-state index is 0.331. The van der Waals surface area contributed by atoms with Crippen LogP contribution in [0.2, 0.25) is 0 Å². The molecular formula is C16H20FNO2. The minimum Gasteiger partial charge on any atom is -0.478 e. The van der Waals surface area contributed by atoms with Crippen LogP contribution in [0.25, 0.3) is 6.08 Å². The average molecular weight is 277 g/mol. The number of carbonyl (C=O) groups is 1. The van der Waals surface area contributed by atoms with Crippen molar-refractivity contribution in [3.05, 3.63) is 41.2 Å². The van der Waals surface area contributed by atoms with Crippen molar-refractivity contribution in [1.29, 1.82) is 0 Å². The van der Waals surface area contributed by atoms with Gasteiger partial charge >= 0.3 is 5.97 Å². The zero-order valence-corrected chi connectivity index (χ0v) is 11.7. The first-order chi connectivity index (χ1) is 9.60. The second-order valence-electron chi connectivity index (χ2n) is 5.23. The van der Waals surface area contributed by atoms with E-state index in [0.29, 0.717) is 11.6 Å². The van der Waals surface area contributed by atoms with Crippen LogP contribution in [-0.4, -0.2) is 28.6 Å². The summed E-state index contributed by atoms with van der Waals surface area (Å²) in [5.74, 6) is -1.46. The molecule has 4 heteroatoms. The molecule has 0 atom stereocenters. The Hall–Kier alpha value is -1.68. The minimum atomic E-state index is -1.07. The lowest BCUT2D eigenvalue weighted by Crippen LogP contribution is -2.26. The number of aliphatic carboxylic acids is 1. The van der Waals surface area contributed by atoms with Gasteiger partial charge in [0.25, 0.3) is 0 Å². The standard InChI is InChI=1S/C16H20FNO2/c1-2-9-18(14-5-6-14)11-12-3-7-15(17)13(10-12)4-8-16(19)20/h3-4,7-8,10,14H,2,5-6,9,11H2,1H3,(H,19,20). The lowest BCUT2D eigenvalue weighted by molar-refractivity contribution is -0.131. The Morgan fingerprint density at radius 1 is 1.50 bits per heavy atom. The second kappa shape index (κ2) is 6.66. The number of hydrogen-bond acceptors (Lipinski definition) is 2. The molecule has 0 bridgehead atoms. The van der Waals surface area contributed by atoms with Crippen LogP contribution in [0.5, 0.6) is 0 Å². The molecule has 2 rings (SSSR count). The number of hydrogen-bond donors (Lipinski definition) is 1. The van der Waals surface area contributed by atoms with E-state index in [4.69, 9.17) is 5.11 Å². The van der Waals surface area contributed by atoms with Gasteiger partial charge in [-0.2, -0.15) is 0 Å². The smallest absolute Gasteiger partial charge is 0.328 e. The van der Waals surface area contributed by atoms with Crippen LogP contribution in [0.1, 0.15) is 37.3 Å². The molecule has 0 spiro atoms. The van der Waals surface area contributed by atoms with Gasteiger partial charge in [-0.1, -0.05) is 13.0 Å². The highest BCUT2D eigenvalue weighted by atomic mass is 19.1. The van der Waals surface area contributed by atoms with Gasteiger partial charge in [0.1, 0.15) is 5.82 Å². The maximum absolute atomic E-state index is 13.6. The van der Waals surface area contributed by atoms with Crippen LogP contribution in [0, 0.1) is 5.82 Å². The van der Waals surface area contributed by atoms with E-state index in [1.165, 1.54) is 25.0 Å². The zero-order valence-electron chi connectivity index (χ0n) is 11.7. The Morgan fingerprint density at radius 2 is 2.25 bits per heavy atom. The third-order valence-corrected chi connectivity index (χ3v) is 3.43. The lowest BCUT2D eigenvalue weighted by atomic mass is 10.1. The Morgan fingerprint density at radius 3 is 2.85 bits per heavy atom. The molecule has 0 amide bonds. The third kappa shape index (κ3) is 4.17. The Balaban J connectivity index is 2.11. The molecule has 0 unspecified atom stereocenters. The normalized spacial score (nSPS) is 15.2. The molecule has 0 radical (unpaired) electrons. The van der Waals surface area contributed by atoms with Gasteiger partial charge in [0.2, 0.25) is 0 Å². The van der Waals surface area contributed by atoms with Gasteiger partial charge in [0.05, 0.1) is 0 Å². The van der Waals surface area contributed by atoms with Crippen molar-refractivity contribution in [1.82, 2.24) is 4.90 Å². The number of halogens is 1. The molecule has 3 nitrogen and oxygen atoms in total. The molecule has 0 aliphatic heterocycles. The Bertz CT molecular complexity index is 509. The molecule has 1 aromatic rings. The average Bonchev–Trinajstić information content (AvgIpc) is 3.23. The van der Waals surface area contributed by atoms with Crippen molar-refractivity contribution in [3.63, 3.8) is 0 Å². The first kappa shape index (κ1) is 14.7. The summed E-state index contributed by atoms with van der Waals surface area (Å²) in [6.45, 7) is 4.00. The van der Waals surface area contributed by atoms with Crippen molar-refractivity contribution in [2.45, 2.75) is 38.8 Å². The van der Waals surface area contributed by atoms with Gasteiger partial charge in [-0.3, -0.25) is 4.90 Å². The molecule has 1 aliphatic rings. The van der Waals surface area contributed by atoms with E-state index in [2.05, 4.69) is 11.8 Å². The van der Waals surface area contributed by atoms with Crippen LogP contribution < -0.4 is 0 Å². The van der Waals surface area contributed by atoms with Gasteiger partial charge in [0, 0.05) is 24.2 Å². The van der Waals surface area contributed by atoms with E-state index < -0.39 is 5.97 Å². The maximum atomic E-state index is 13.6. The fourth-order valence-corrected chi connectivity index (χ4v) is 2.33. The van der Waals surface area contributed by atoms with E-state index in [0.717, 1.165) is 31.1 Å². The third-order valence-electron chi connectivity index (χ3n) is 3.43. The summed E-state index contributed by atoms with van der Waals surface area (Å²) >= 11 is 0. The van der Waals surface area contributed by atoms with Crippen LogP contribution in [0.15, 0.2) is 24.3 Å². The highest BCUT2D eigenvalue weighted by molar-refractivity contribution is 5.85. The van der Waals surface area contributed by atoms with Crippen molar-refractivity contribution >= 4 is 12.0 Å². The molecule has 1 aromatic carbocycles. The molecule has 20 heavy (non-hydrogen) atoms.